The molecule has 1 aliphatic rings. The zero-order chi connectivity index (χ0) is 14.5. The Morgan fingerprint density at radius 3 is 2.90 bits per heavy atom. The van der Waals surface area contributed by atoms with Gasteiger partial charge in [0, 0.05) is 24.2 Å². The van der Waals surface area contributed by atoms with Gasteiger partial charge in [0.15, 0.2) is 6.61 Å². The van der Waals surface area contributed by atoms with Gasteiger partial charge in [0.1, 0.15) is 5.75 Å². The van der Waals surface area contributed by atoms with Gasteiger partial charge in [-0.1, -0.05) is 11.6 Å². The number of morpholine rings is 1. The summed E-state index contributed by atoms with van der Waals surface area (Å²) in [5, 5.41) is 0.636. The maximum Gasteiger partial charge on any atom is 0.260 e. The third kappa shape index (κ3) is 4.10. The van der Waals surface area contributed by atoms with Crippen molar-refractivity contribution in [1.82, 2.24) is 4.90 Å². The van der Waals surface area contributed by atoms with Crippen LogP contribution in [-0.2, 0) is 9.53 Å². The van der Waals surface area contributed by atoms with Crippen molar-refractivity contribution in [3.8, 4) is 5.75 Å². The zero-order valence-electron chi connectivity index (χ0n) is 11.4. The molecular formula is C14H19ClN2O3. The van der Waals surface area contributed by atoms with Crippen LogP contribution in [0.3, 0.4) is 0 Å². The summed E-state index contributed by atoms with van der Waals surface area (Å²) in [6.45, 7) is 3.49. The average Bonchev–Trinajstić information content (AvgIpc) is 2.46. The summed E-state index contributed by atoms with van der Waals surface area (Å²) >= 11 is 5.79. The van der Waals surface area contributed by atoms with E-state index in [0.29, 0.717) is 30.5 Å². The minimum absolute atomic E-state index is 0.00725. The number of ether oxygens (including phenoxy) is 2. The average molecular weight is 299 g/mol. The maximum absolute atomic E-state index is 12.1. The first kappa shape index (κ1) is 15.1. The first-order valence-corrected chi connectivity index (χ1v) is 6.97. The van der Waals surface area contributed by atoms with Crippen LogP contribution in [0, 0.1) is 0 Å². The zero-order valence-corrected chi connectivity index (χ0v) is 12.2. The highest BCUT2D eigenvalue weighted by Crippen LogP contribution is 2.16. The van der Waals surface area contributed by atoms with Gasteiger partial charge < -0.3 is 20.1 Å². The molecule has 1 fully saturated rings. The second-order valence-corrected chi connectivity index (χ2v) is 5.29. The van der Waals surface area contributed by atoms with Gasteiger partial charge in [-0.05, 0) is 31.2 Å². The topological polar surface area (TPSA) is 64.8 Å². The standard InChI is InChI=1S/C14H19ClN2O3/c1-10(16)13-8-17(6-7-19-13)14(18)9-20-12-4-2-11(15)3-5-12/h2-5,10,13H,6-9,16H2,1H3. The van der Waals surface area contributed by atoms with E-state index in [9.17, 15) is 4.79 Å². The van der Waals surface area contributed by atoms with Crippen LogP contribution in [-0.4, -0.2) is 49.3 Å². The van der Waals surface area contributed by atoms with Crippen LogP contribution in [0.5, 0.6) is 5.75 Å². The molecular weight excluding hydrogens is 280 g/mol. The number of rotatable bonds is 4. The third-order valence-electron chi connectivity index (χ3n) is 3.21. The molecule has 0 radical (unpaired) electrons. The molecule has 6 heteroatoms. The minimum Gasteiger partial charge on any atom is -0.484 e. The van der Waals surface area contributed by atoms with E-state index in [1.165, 1.54) is 0 Å². The van der Waals surface area contributed by atoms with E-state index in [4.69, 9.17) is 26.8 Å². The van der Waals surface area contributed by atoms with Crippen LogP contribution in [0.25, 0.3) is 0 Å². The highest BCUT2D eigenvalue weighted by Gasteiger charge is 2.26. The fourth-order valence-electron chi connectivity index (χ4n) is 1.99. The van der Waals surface area contributed by atoms with E-state index >= 15 is 0 Å². The van der Waals surface area contributed by atoms with Gasteiger partial charge >= 0.3 is 0 Å². The fraction of sp³-hybridized carbons (Fsp3) is 0.500. The molecule has 110 valence electrons. The molecule has 0 saturated carbocycles. The Kier molecular flexibility index (Phi) is 5.23. The Balaban J connectivity index is 1.83. The number of hydrogen-bond acceptors (Lipinski definition) is 4. The Morgan fingerprint density at radius 1 is 1.55 bits per heavy atom. The number of nitrogens with zero attached hydrogens (tertiary/aromatic N) is 1. The number of carbonyl (C=O) groups excluding carboxylic acids is 1. The molecule has 1 saturated heterocycles. The molecule has 0 aromatic heterocycles. The lowest BCUT2D eigenvalue weighted by Crippen LogP contribution is -2.52. The van der Waals surface area contributed by atoms with Crippen LogP contribution < -0.4 is 10.5 Å². The number of benzene rings is 1. The van der Waals surface area contributed by atoms with Crippen molar-refractivity contribution in [3.63, 3.8) is 0 Å². The first-order valence-electron chi connectivity index (χ1n) is 6.59. The molecule has 2 unspecified atom stereocenters. The third-order valence-corrected chi connectivity index (χ3v) is 3.46. The summed E-state index contributed by atoms with van der Waals surface area (Å²) in [6.07, 6.45) is -0.108. The van der Waals surface area contributed by atoms with Gasteiger partial charge in [-0.3, -0.25) is 4.79 Å². The Hall–Kier alpha value is -1.30. The van der Waals surface area contributed by atoms with E-state index in [1.807, 2.05) is 6.92 Å². The molecule has 1 heterocycles. The second kappa shape index (κ2) is 6.92. The molecule has 1 aromatic carbocycles. The molecule has 1 amide bonds. The summed E-state index contributed by atoms with van der Waals surface area (Å²) in [7, 11) is 0. The molecule has 5 nitrogen and oxygen atoms in total. The lowest BCUT2D eigenvalue weighted by Gasteiger charge is -2.34. The van der Waals surface area contributed by atoms with Gasteiger partial charge in [0.25, 0.3) is 5.91 Å². The fourth-order valence-corrected chi connectivity index (χ4v) is 2.11. The summed E-state index contributed by atoms with van der Waals surface area (Å²) in [4.78, 5) is 13.8. The van der Waals surface area contributed by atoms with E-state index in [2.05, 4.69) is 0 Å². The lowest BCUT2D eigenvalue weighted by molar-refractivity contribution is -0.141. The number of hydrogen-bond donors (Lipinski definition) is 1. The smallest absolute Gasteiger partial charge is 0.260 e. The van der Waals surface area contributed by atoms with Crippen LogP contribution in [0.15, 0.2) is 24.3 Å². The van der Waals surface area contributed by atoms with E-state index < -0.39 is 0 Å². The van der Waals surface area contributed by atoms with Gasteiger partial charge in [0.05, 0.1) is 12.7 Å². The number of amides is 1. The quantitative estimate of drug-likeness (QED) is 0.910. The highest BCUT2D eigenvalue weighted by molar-refractivity contribution is 6.30. The molecule has 1 aromatic rings. The van der Waals surface area contributed by atoms with E-state index in [1.54, 1.807) is 29.2 Å². The molecule has 0 aliphatic carbocycles. The molecule has 0 spiro atoms. The molecule has 20 heavy (non-hydrogen) atoms. The lowest BCUT2D eigenvalue weighted by atomic mass is 10.1. The van der Waals surface area contributed by atoms with Crippen molar-refractivity contribution in [1.29, 1.82) is 0 Å². The SMILES string of the molecule is CC(N)C1CN(C(=O)COc2ccc(Cl)cc2)CCO1. The van der Waals surface area contributed by atoms with Crippen molar-refractivity contribution in [2.24, 2.45) is 5.73 Å². The Bertz CT molecular complexity index is 450. The molecule has 2 N–H and O–H groups in total. The summed E-state index contributed by atoms with van der Waals surface area (Å²) in [5.74, 6) is 0.564. The van der Waals surface area contributed by atoms with Crippen molar-refractivity contribution < 1.29 is 14.3 Å². The number of carbonyl (C=O) groups is 1. The largest absolute Gasteiger partial charge is 0.484 e. The number of halogens is 1. The van der Waals surface area contributed by atoms with Crippen LogP contribution >= 0.6 is 11.6 Å². The van der Waals surface area contributed by atoms with Crippen molar-refractivity contribution in [3.05, 3.63) is 29.3 Å². The minimum atomic E-state index is -0.108. The molecule has 2 rings (SSSR count). The van der Waals surface area contributed by atoms with Crippen LogP contribution in [0.2, 0.25) is 5.02 Å². The second-order valence-electron chi connectivity index (χ2n) is 4.85. The Labute approximate surface area is 123 Å². The van der Waals surface area contributed by atoms with Gasteiger partial charge in [-0.2, -0.15) is 0 Å². The highest BCUT2D eigenvalue weighted by atomic mass is 35.5. The van der Waals surface area contributed by atoms with Crippen molar-refractivity contribution >= 4 is 17.5 Å². The molecule has 0 bridgehead atoms. The number of nitrogens with two attached hydrogens (primary N) is 1. The Morgan fingerprint density at radius 2 is 2.25 bits per heavy atom. The van der Waals surface area contributed by atoms with Crippen LogP contribution in [0.4, 0.5) is 0 Å². The first-order chi connectivity index (χ1) is 9.56. The molecule has 1 aliphatic heterocycles. The summed E-state index contributed by atoms with van der Waals surface area (Å²) in [5.41, 5.74) is 5.80. The monoisotopic (exact) mass is 298 g/mol. The summed E-state index contributed by atoms with van der Waals surface area (Å²) in [6, 6.07) is 6.83. The normalized spacial score (nSPS) is 20.6. The molecule has 2 atom stereocenters. The van der Waals surface area contributed by atoms with Crippen LogP contribution in [0.1, 0.15) is 6.92 Å². The van der Waals surface area contributed by atoms with Gasteiger partial charge in [-0.15, -0.1) is 0 Å². The summed E-state index contributed by atoms with van der Waals surface area (Å²) < 4.78 is 11.0. The maximum atomic E-state index is 12.1. The van der Waals surface area contributed by atoms with E-state index in [0.717, 1.165) is 0 Å². The van der Waals surface area contributed by atoms with Crippen molar-refractivity contribution in [2.75, 3.05) is 26.3 Å². The van der Waals surface area contributed by atoms with E-state index in [-0.39, 0.29) is 24.7 Å². The van der Waals surface area contributed by atoms with Gasteiger partial charge in [0.2, 0.25) is 0 Å². The predicted octanol–water partition coefficient (Wildman–Crippen LogP) is 1.29. The van der Waals surface area contributed by atoms with Crippen molar-refractivity contribution in [2.45, 2.75) is 19.1 Å². The van der Waals surface area contributed by atoms with Gasteiger partial charge in [-0.25, -0.2) is 0 Å². The predicted molar refractivity (Wildman–Crippen MR) is 76.9 cm³/mol.